The van der Waals surface area contributed by atoms with Gasteiger partial charge in [-0.2, -0.15) is 0 Å². The van der Waals surface area contributed by atoms with Crippen molar-refractivity contribution >= 4 is 11.9 Å². The highest BCUT2D eigenvalue weighted by Gasteiger charge is 2.43. The van der Waals surface area contributed by atoms with Crippen LogP contribution < -0.4 is 9.47 Å². The lowest BCUT2D eigenvalue weighted by molar-refractivity contribution is 0.0686. The van der Waals surface area contributed by atoms with Crippen molar-refractivity contribution in [2.45, 2.75) is 11.8 Å². The number of carboxylic acids is 2. The SMILES string of the molecule is O=C(O)c1ccc(Oc2ccc(C3(c4ccc(Oc5ccc(C(=O)O)cc5)cc4)c4ccccc4Cc4ccccc43)cc2)cc1. The van der Waals surface area contributed by atoms with Crippen LogP contribution in [0.3, 0.4) is 0 Å². The molecule has 1 aliphatic rings. The van der Waals surface area contributed by atoms with E-state index in [1.165, 1.54) is 46.5 Å². The van der Waals surface area contributed by atoms with Crippen LogP contribution in [0.25, 0.3) is 0 Å². The molecule has 6 heteroatoms. The first-order chi connectivity index (χ1) is 22.4. The van der Waals surface area contributed by atoms with Crippen molar-refractivity contribution in [3.05, 3.63) is 190 Å². The number of ether oxygens (including phenoxy) is 2. The Morgan fingerprint density at radius 3 is 1.13 bits per heavy atom. The maximum atomic E-state index is 11.2. The molecule has 46 heavy (non-hydrogen) atoms. The highest BCUT2D eigenvalue weighted by Crippen LogP contribution is 2.51. The van der Waals surface area contributed by atoms with Gasteiger partial charge in [-0.15, -0.1) is 0 Å². The average molecular weight is 605 g/mol. The lowest BCUT2D eigenvalue weighted by Gasteiger charge is -2.42. The smallest absolute Gasteiger partial charge is 0.335 e. The van der Waals surface area contributed by atoms with Crippen molar-refractivity contribution in [3.63, 3.8) is 0 Å². The summed E-state index contributed by atoms with van der Waals surface area (Å²) in [6.45, 7) is 0. The van der Waals surface area contributed by atoms with Gasteiger partial charge in [-0.1, -0.05) is 72.8 Å². The van der Waals surface area contributed by atoms with Crippen molar-refractivity contribution in [3.8, 4) is 23.0 Å². The van der Waals surface area contributed by atoms with Crippen LogP contribution in [0, 0.1) is 0 Å². The van der Waals surface area contributed by atoms with E-state index in [-0.39, 0.29) is 11.1 Å². The van der Waals surface area contributed by atoms with E-state index in [1.54, 1.807) is 24.3 Å². The van der Waals surface area contributed by atoms with E-state index < -0.39 is 17.4 Å². The molecule has 6 nitrogen and oxygen atoms in total. The van der Waals surface area contributed by atoms with Crippen molar-refractivity contribution in [2.75, 3.05) is 0 Å². The van der Waals surface area contributed by atoms with Gasteiger partial charge in [0.2, 0.25) is 0 Å². The van der Waals surface area contributed by atoms with E-state index in [9.17, 15) is 19.8 Å². The van der Waals surface area contributed by atoms with Gasteiger partial charge in [-0.3, -0.25) is 0 Å². The number of carboxylic acid groups (broad SMARTS) is 2. The predicted molar refractivity (Wildman–Crippen MR) is 175 cm³/mol. The van der Waals surface area contributed by atoms with Gasteiger partial charge in [0, 0.05) is 0 Å². The summed E-state index contributed by atoms with van der Waals surface area (Å²) < 4.78 is 12.2. The van der Waals surface area contributed by atoms with Crippen LogP contribution in [0.4, 0.5) is 0 Å². The van der Waals surface area contributed by atoms with E-state index in [4.69, 9.17) is 9.47 Å². The van der Waals surface area contributed by atoms with E-state index in [1.807, 2.05) is 24.3 Å². The zero-order chi connectivity index (χ0) is 31.7. The van der Waals surface area contributed by atoms with Gasteiger partial charge in [0.1, 0.15) is 23.0 Å². The molecule has 0 saturated carbocycles. The van der Waals surface area contributed by atoms with Crippen LogP contribution in [0.5, 0.6) is 23.0 Å². The first-order valence-corrected chi connectivity index (χ1v) is 14.8. The van der Waals surface area contributed by atoms with Crippen LogP contribution in [0.2, 0.25) is 0 Å². The molecular formula is C40H28O6. The molecule has 0 unspecified atom stereocenters. The molecule has 0 saturated heterocycles. The number of hydrogen-bond acceptors (Lipinski definition) is 4. The summed E-state index contributed by atoms with van der Waals surface area (Å²) in [5, 5.41) is 18.4. The predicted octanol–water partition coefficient (Wildman–Crippen LogP) is 8.95. The van der Waals surface area contributed by atoms with Crippen molar-refractivity contribution in [1.82, 2.24) is 0 Å². The third-order valence-corrected chi connectivity index (χ3v) is 8.47. The fourth-order valence-corrected chi connectivity index (χ4v) is 6.37. The Morgan fingerprint density at radius 2 is 0.783 bits per heavy atom. The van der Waals surface area contributed by atoms with Crippen LogP contribution in [-0.4, -0.2) is 22.2 Å². The number of rotatable bonds is 8. The molecule has 0 radical (unpaired) electrons. The molecule has 0 spiro atoms. The van der Waals surface area contributed by atoms with Crippen molar-refractivity contribution < 1.29 is 29.3 Å². The van der Waals surface area contributed by atoms with Crippen molar-refractivity contribution in [2.24, 2.45) is 0 Å². The normalized spacial score (nSPS) is 12.8. The third kappa shape index (κ3) is 5.16. The zero-order valence-corrected chi connectivity index (χ0v) is 24.6. The summed E-state index contributed by atoms with van der Waals surface area (Å²) >= 11 is 0. The van der Waals surface area contributed by atoms with Gasteiger partial charge in [0.15, 0.2) is 0 Å². The van der Waals surface area contributed by atoms with Crippen LogP contribution >= 0.6 is 0 Å². The molecule has 0 amide bonds. The molecule has 2 N–H and O–H groups in total. The highest BCUT2D eigenvalue weighted by molar-refractivity contribution is 5.88. The second-order valence-electron chi connectivity index (χ2n) is 11.2. The monoisotopic (exact) mass is 604 g/mol. The number of hydrogen-bond donors (Lipinski definition) is 2. The summed E-state index contributed by atoms with van der Waals surface area (Å²) in [5.41, 5.74) is 6.80. The molecule has 0 aromatic heterocycles. The lowest BCUT2D eigenvalue weighted by Crippen LogP contribution is -2.36. The Kier molecular flexibility index (Phi) is 7.31. The number of carbonyl (C=O) groups is 2. The van der Waals surface area contributed by atoms with Crippen LogP contribution in [0.1, 0.15) is 54.1 Å². The Hall–Kier alpha value is -6.14. The second kappa shape index (κ2) is 11.7. The Balaban J connectivity index is 1.30. The van der Waals surface area contributed by atoms with Crippen molar-refractivity contribution in [1.29, 1.82) is 0 Å². The molecule has 0 aliphatic heterocycles. The number of fused-ring (bicyclic) bond motifs is 2. The Bertz CT molecular complexity index is 1890. The summed E-state index contributed by atoms with van der Waals surface area (Å²) in [6.07, 6.45) is 0.829. The van der Waals surface area contributed by atoms with Gasteiger partial charge in [-0.25, -0.2) is 9.59 Å². The second-order valence-corrected chi connectivity index (χ2v) is 11.2. The molecule has 0 atom stereocenters. The minimum atomic E-state index is -0.983. The summed E-state index contributed by atoms with van der Waals surface area (Å²) in [6, 6.07) is 45.9. The van der Waals surface area contributed by atoms with Gasteiger partial charge >= 0.3 is 11.9 Å². The Labute approximate surface area is 265 Å². The highest BCUT2D eigenvalue weighted by atomic mass is 16.5. The quantitative estimate of drug-likeness (QED) is 0.180. The van der Waals surface area contributed by atoms with E-state index in [0.29, 0.717) is 23.0 Å². The largest absolute Gasteiger partial charge is 0.478 e. The molecule has 7 rings (SSSR count). The van der Waals surface area contributed by atoms with Gasteiger partial charge in [0.05, 0.1) is 16.5 Å². The molecule has 6 aromatic carbocycles. The molecule has 224 valence electrons. The summed E-state index contributed by atoms with van der Waals surface area (Å²) in [7, 11) is 0. The minimum Gasteiger partial charge on any atom is -0.478 e. The Morgan fingerprint density at radius 1 is 0.457 bits per heavy atom. The van der Waals surface area contributed by atoms with E-state index >= 15 is 0 Å². The molecule has 0 bridgehead atoms. The minimum absolute atomic E-state index is 0.201. The number of aromatic carboxylic acids is 2. The molecule has 0 fully saturated rings. The first-order valence-electron chi connectivity index (χ1n) is 14.8. The van der Waals surface area contributed by atoms with Crippen LogP contribution in [0.15, 0.2) is 146 Å². The third-order valence-electron chi connectivity index (χ3n) is 8.47. The zero-order valence-electron chi connectivity index (χ0n) is 24.6. The van der Waals surface area contributed by atoms with Gasteiger partial charge in [-0.05, 0) is 113 Å². The fraction of sp³-hybridized carbons (Fsp3) is 0.0500. The molecular weight excluding hydrogens is 576 g/mol. The number of benzene rings is 6. The maximum Gasteiger partial charge on any atom is 0.335 e. The maximum absolute atomic E-state index is 11.2. The standard InChI is InChI=1S/C40H28O6/c41-38(42)26-9-17-32(18-10-26)45-34-21-13-30(14-22-34)40(36-7-3-1-5-28(36)25-29-6-2-4-8-37(29)40)31-15-23-35(24-16-31)46-33-19-11-27(12-20-33)39(43)44/h1-24H,25H2,(H,41,42)(H,43,44). The topological polar surface area (TPSA) is 93.1 Å². The van der Waals surface area contributed by atoms with Crippen LogP contribution in [-0.2, 0) is 11.8 Å². The van der Waals surface area contributed by atoms with Gasteiger partial charge < -0.3 is 19.7 Å². The molecule has 0 heterocycles. The lowest BCUT2D eigenvalue weighted by atomic mass is 9.60. The summed E-state index contributed by atoms with van der Waals surface area (Å²) in [4.78, 5) is 22.5. The van der Waals surface area contributed by atoms with E-state index in [2.05, 4.69) is 72.8 Å². The average Bonchev–Trinajstić information content (AvgIpc) is 3.08. The summed E-state index contributed by atoms with van der Waals surface area (Å²) in [5.74, 6) is 0.406. The fourth-order valence-electron chi connectivity index (χ4n) is 6.37. The molecule has 1 aliphatic carbocycles. The molecule has 6 aromatic rings. The van der Waals surface area contributed by atoms with E-state index in [0.717, 1.165) is 17.5 Å². The first kappa shape index (κ1) is 28.6. The van der Waals surface area contributed by atoms with Gasteiger partial charge in [0.25, 0.3) is 0 Å².